The van der Waals surface area contributed by atoms with Crippen molar-refractivity contribution in [1.29, 1.82) is 0 Å². The Morgan fingerprint density at radius 1 is 1.42 bits per heavy atom. The Morgan fingerprint density at radius 3 is 2.63 bits per heavy atom. The monoisotopic (exact) mass is 260 g/mol. The molecule has 1 aliphatic rings. The summed E-state index contributed by atoms with van der Waals surface area (Å²) in [6.45, 7) is 0.578. The van der Waals surface area contributed by atoms with E-state index in [0.29, 0.717) is 12.2 Å². The Labute approximate surface area is 113 Å². The second-order valence-corrected chi connectivity index (χ2v) is 4.96. The normalized spacial score (nSPS) is 17.1. The number of rotatable bonds is 5. The summed E-state index contributed by atoms with van der Waals surface area (Å²) in [5.74, 6) is -0.0971. The van der Waals surface area contributed by atoms with Crippen LogP contribution in [0.1, 0.15) is 24.8 Å². The van der Waals surface area contributed by atoms with Gasteiger partial charge in [-0.15, -0.1) is 0 Å². The Morgan fingerprint density at radius 2 is 2.11 bits per heavy atom. The van der Waals surface area contributed by atoms with Gasteiger partial charge in [-0.1, -0.05) is 12.1 Å². The number of carbonyl (C=O) groups is 1. The van der Waals surface area contributed by atoms with Crippen molar-refractivity contribution in [2.45, 2.75) is 24.9 Å². The standard InChI is InChI=1S/C15H20N2O2/c1-19-15(9-2-10-15)11-17-14(18)8-5-12-3-6-13(16)7-4-12/h3-8H,2,9-11,16H2,1H3,(H,17,18)/b8-5+. The molecular formula is C15H20N2O2. The van der Waals surface area contributed by atoms with Crippen LogP contribution in [0.15, 0.2) is 30.3 Å². The van der Waals surface area contributed by atoms with Crippen molar-refractivity contribution in [2.24, 2.45) is 0 Å². The molecule has 1 amide bonds. The first-order valence-corrected chi connectivity index (χ1v) is 6.50. The number of benzene rings is 1. The summed E-state index contributed by atoms with van der Waals surface area (Å²) in [7, 11) is 1.70. The quantitative estimate of drug-likeness (QED) is 0.628. The van der Waals surface area contributed by atoms with Crippen molar-refractivity contribution in [3.8, 4) is 0 Å². The van der Waals surface area contributed by atoms with Gasteiger partial charge >= 0.3 is 0 Å². The lowest BCUT2D eigenvalue weighted by atomic mass is 9.80. The maximum Gasteiger partial charge on any atom is 0.244 e. The average Bonchev–Trinajstić information content (AvgIpc) is 2.37. The molecule has 1 saturated carbocycles. The minimum atomic E-state index is -0.134. The SMILES string of the molecule is COC1(CNC(=O)/C=C/c2ccc(N)cc2)CCC1. The number of amides is 1. The predicted molar refractivity (Wildman–Crippen MR) is 76.5 cm³/mol. The van der Waals surface area contributed by atoms with Gasteiger partial charge in [0.05, 0.1) is 5.60 Å². The fourth-order valence-corrected chi connectivity index (χ4v) is 2.11. The maximum atomic E-state index is 11.7. The predicted octanol–water partition coefficient (Wildman–Crippen LogP) is 1.97. The number of anilines is 1. The highest BCUT2D eigenvalue weighted by Gasteiger charge is 2.36. The number of hydrogen-bond acceptors (Lipinski definition) is 3. The number of methoxy groups -OCH3 is 1. The molecule has 102 valence electrons. The first-order chi connectivity index (χ1) is 9.13. The highest BCUT2D eigenvalue weighted by molar-refractivity contribution is 5.91. The van der Waals surface area contributed by atoms with E-state index in [1.54, 1.807) is 13.2 Å². The van der Waals surface area contributed by atoms with Crippen molar-refractivity contribution in [2.75, 3.05) is 19.4 Å². The van der Waals surface area contributed by atoms with Crippen molar-refractivity contribution in [3.63, 3.8) is 0 Å². The fraction of sp³-hybridized carbons (Fsp3) is 0.400. The molecule has 0 spiro atoms. The van der Waals surface area contributed by atoms with Crippen LogP contribution in [0.4, 0.5) is 5.69 Å². The molecule has 1 aromatic rings. The lowest BCUT2D eigenvalue weighted by Gasteiger charge is -2.40. The third-order valence-electron chi connectivity index (χ3n) is 3.65. The van der Waals surface area contributed by atoms with E-state index in [4.69, 9.17) is 10.5 Å². The van der Waals surface area contributed by atoms with Gasteiger partial charge in [0, 0.05) is 25.4 Å². The fourth-order valence-electron chi connectivity index (χ4n) is 2.11. The zero-order valence-electron chi connectivity index (χ0n) is 11.2. The summed E-state index contributed by atoms with van der Waals surface area (Å²) in [5, 5.41) is 2.88. The van der Waals surface area contributed by atoms with Crippen molar-refractivity contribution in [1.82, 2.24) is 5.32 Å². The number of nitrogen functional groups attached to an aromatic ring is 1. The lowest BCUT2D eigenvalue weighted by Crippen LogP contribution is -2.49. The molecule has 0 aliphatic heterocycles. The summed E-state index contributed by atoms with van der Waals surface area (Å²) in [6, 6.07) is 7.38. The van der Waals surface area contributed by atoms with Crippen LogP contribution in [0.5, 0.6) is 0 Å². The van der Waals surface area contributed by atoms with Gasteiger partial charge in [-0.25, -0.2) is 0 Å². The zero-order valence-corrected chi connectivity index (χ0v) is 11.2. The Hall–Kier alpha value is -1.81. The number of nitrogens with two attached hydrogens (primary N) is 1. The highest BCUT2D eigenvalue weighted by atomic mass is 16.5. The van der Waals surface area contributed by atoms with Crippen LogP contribution in [0.2, 0.25) is 0 Å². The molecule has 0 atom stereocenters. The minimum Gasteiger partial charge on any atom is -0.399 e. The molecule has 19 heavy (non-hydrogen) atoms. The molecule has 0 aromatic heterocycles. The van der Waals surface area contributed by atoms with Gasteiger partial charge < -0.3 is 15.8 Å². The lowest BCUT2D eigenvalue weighted by molar-refractivity contribution is -0.120. The van der Waals surface area contributed by atoms with Gasteiger partial charge in [0.2, 0.25) is 5.91 Å². The Kier molecular flexibility index (Phi) is 4.22. The summed E-state index contributed by atoms with van der Waals surface area (Å²) in [5.41, 5.74) is 7.13. The van der Waals surface area contributed by atoms with Gasteiger partial charge in [-0.2, -0.15) is 0 Å². The van der Waals surface area contributed by atoms with E-state index in [-0.39, 0.29) is 11.5 Å². The molecule has 0 unspecified atom stereocenters. The minimum absolute atomic E-state index is 0.0971. The van der Waals surface area contributed by atoms with Crippen LogP contribution in [0, 0.1) is 0 Å². The molecule has 3 N–H and O–H groups in total. The number of ether oxygens (including phenoxy) is 1. The van der Waals surface area contributed by atoms with Crippen LogP contribution in [0.25, 0.3) is 6.08 Å². The molecule has 0 bridgehead atoms. The molecule has 0 radical (unpaired) electrons. The summed E-state index contributed by atoms with van der Waals surface area (Å²) in [6.07, 6.45) is 6.52. The molecule has 0 saturated heterocycles. The van der Waals surface area contributed by atoms with Crippen LogP contribution >= 0.6 is 0 Å². The van der Waals surface area contributed by atoms with Crippen LogP contribution in [-0.4, -0.2) is 25.2 Å². The smallest absolute Gasteiger partial charge is 0.244 e. The van der Waals surface area contributed by atoms with Crippen LogP contribution in [-0.2, 0) is 9.53 Å². The Balaban J connectivity index is 1.82. The average molecular weight is 260 g/mol. The maximum absolute atomic E-state index is 11.7. The summed E-state index contributed by atoms with van der Waals surface area (Å²) in [4.78, 5) is 11.7. The van der Waals surface area contributed by atoms with E-state index in [1.165, 1.54) is 12.5 Å². The van der Waals surface area contributed by atoms with Gasteiger partial charge in [0.15, 0.2) is 0 Å². The number of carbonyl (C=O) groups excluding carboxylic acids is 1. The molecular weight excluding hydrogens is 240 g/mol. The topological polar surface area (TPSA) is 64.3 Å². The zero-order chi connectivity index (χ0) is 13.7. The van der Waals surface area contributed by atoms with Gasteiger partial charge in [-0.05, 0) is 43.0 Å². The highest BCUT2D eigenvalue weighted by Crippen LogP contribution is 2.34. The van der Waals surface area contributed by atoms with E-state index in [2.05, 4.69) is 5.32 Å². The van der Waals surface area contributed by atoms with E-state index >= 15 is 0 Å². The molecule has 1 aliphatic carbocycles. The first kappa shape index (κ1) is 13.6. The first-order valence-electron chi connectivity index (χ1n) is 6.50. The van der Waals surface area contributed by atoms with E-state index < -0.39 is 0 Å². The molecule has 1 aromatic carbocycles. The number of hydrogen-bond donors (Lipinski definition) is 2. The van der Waals surface area contributed by atoms with E-state index in [9.17, 15) is 4.79 Å². The second-order valence-electron chi connectivity index (χ2n) is 4.96. The summed E-state index contributed by atoms with van der Waals surface area (Å²) < 4.78 is 5.45. The van der Waals surface area contributed by atoms with E-state index in [1.807, 2.05) is 24.3 Å². The molecule has 1 fully saturated rings. The summed E-state index contributed by atoms with van der Waals surface area (Å²) >= 11 is 0. The largest absolute Gasteiger partial charge is 0.399 e. The van der Waals surface area contributed by atoms with Gasteiger partial charge in [0.25, 0.3) is 0 Å². The molecule has 4 heteroatoms. The van der Waals surface area contributed by atoms with Gasteiger partial charge in [-0.3, -0.25) is 4.79 Å². The van der Waals surface area contributed by atoms with Crippen molar-refractivity contribution < 1.29 is 9.53 Å². The van der Waals surface area contributed by atoms with Crippen molar-refractivity contribution >= 4 is 17.7 Å². The second kappa shape index (κ2) is 5.89. The molecule has 0 heterocycles. The number of nitrogens with one attached hydrogen (secondary N) is 1. The van der Waals surface area contributed by atoms with Crippen LogP contribution in [0.3, 0.4) is 0 Å². The molecule has 4 nitrogen and oxygen atoms in total. The van der Waals surface area contributed by atoms with Crippen molar-refractivity contribution in [3.05, 3.63) is 35.9 Å². The Bertz CT molecular complexity index is 456. The third kappa shape index (κ3) is 3.58. The van der Waals surface area contributed by atoms with Gasteiger partial charge in [0.1, 0.15) is 0 Å². The third-order valence-corrected chi connectivity index (χ3v) is 3.65. The van der Waals surface area contributed by atoms with E-state index in [0.717, 1.165) is 18.4 Å². The molecule has 2 rings (SSSR count). The van der Waals surface area contributed by atoms with Crippen LogP contribution < -0.4 is 11.1 Å².